The molecule has 1 aliphatic carbocycles. The van der Waals surface area contributed by atoms with Crippen molar-refractivity contribution in [3.05, 3.63) is 0 Å². The Morgan fingerprint density at radius 2 is 1.71 bits per heavy atom. The Hall–Kier alpha value is 0.0300. The van der Waals surface area contributed by atoms with Gasteiger partial charge in [-0.1, -0.05) is 0 Å². The van der Waals surface area contributed by atoms with Gasteiger partial charge in [0.05, 0.1) is 0 Å². The van der Waals surface area contributed by atoms with Gasteiger partial charge >= 0.3 is 0 Å². The molecule has 3 saturated heterocycles. The molecule has 0 aromatic rings. The third-order valence-electron chi connectivity index (χ3n) is 7.31. The van der Waals surface area contributed by atoms with Crippen LogP contribution in [-0.2, 0) is 11.6 Å². The molecular weight excluding hydrogens is 316 g/mol. The molecule has 0 atom stereocenters. The number of thiol groups is 1. The standard InChI is InChI=1S/C19H37N4S/c1-24-23-10-4-19(5-11-23)14-18(15-19)22-8-2-17(3-9-22)16-21-12-6-20-7-13-21/h17-18,20,24H,2-16H2,1H3/q+1. The van der Waals surface area contributed by atoms with Crippen molar-refractivity contribution in [2.24, 2.45) is 11.3 Å². The highest BCUT2D eigenvalue weighted by atomic mass is 32.1. The lowest BCUT2D eigenvalue weighted by Crippen LogP contribution is -2.56. The van der Waals surface area contributed by atoms with Crippen LogP contribution in [0.1, 0.15) is 38.5 Å². The van der Waals surface area contributed by atoms with Crippen molar-refractivity contribution in [1.29, 1.82) is 0 Å². The largest absolute Gasteiger partial charge is 0.314 e. The molecule has 0 bridgehead atoms. The van der Waals surface area contributed by atoms with E-state index < -0.39 is 0 Å². The maximum absolute atomic E-state index is 3.47. The first-order valence-electron chi connectivity index (χ1n) is 10.3. The summed E-state index contributed by atoms with van der Waals surface area (Å²) >= 11 is 1.48. The molecule has 5 heteroatoms. The Bertz CT molecular complexity index is 434. The maximum atomic E-state index is 3.47. The lowest BCUT2D eigenvalue weighted by Gasteiger charge is -2.54. The monoisotopic (exact) mass is 353 g/mol. The van der Waals surface area contributed by atoms with Crippen LogP contribution in [-0.4, -0.2) is 84.9 Å². The highest BCUT2D eigenvalue weighted by molar-refractivity contribution is 7.64. The summed E-state index contributed by atoms with van der Waals surface area (Å²) < 4.78 is 2.61. The second kappa shape index (κ2) is 7.73. The van der Waals surface area contributed by atoms with E-state index in [-0.39, 0.29) is 0 Å². The van der Waals surface area contributed by atoms with Crippen LogP contribution in [0, 0.1) is 11.3 Å². The van der Waals surface area contributed by atoms with E-state index in [2.05, 4.69) is 25.3 Å². The second-order valence-electron chi connectivity index (χ2n) is 8.75. The number of likely N-dealkylation sites (tertiary alicyclic amines) is 1. The predicted octanol–water partition coefficient (Wildman–Crippen LogP) is 1.19. The fourth-order valence-corrected chi connectivity index (χ4v) is 6.14. The summed E-state index contributed by atoms with van der Waals surface area (Å²) in [5, 5.41) is 3.47. The average Bonchev–Trinajstić information content (AvgIpc) is 2.61. The van der Waals surface area contributed by atoms with E-state index in [0.717, 1.165) is 17.4 Å². The van der Waals surface area contributed by atoms with E-state index >= 15 is 0 Å². The third kappa shape index (κ3) is 3.89. The van der Waals surface area contributed by atoms with Gasteiger partial charge in [0.1, 0.15) is 13.1 Å². The average molecular weight is 354 g/mol. The molecule has 1 spiro atoms. The van der Waals surface area contributed by atoms with Gasteiger partial charge in [-0.3, -0.25) is 0 Å². The number of hydrogen-bond donors (Lipinski definition) is 2. The van der Waals surface area contributed by atoms with Crippen molar-refractivity contribution in [1.82, 2.24) is 15.1 Å². The minimum atomic E-state index is 0.740. The van der Waals surface area contributed by atoms with Gasteiger partial charge in [-0.15, -0.1) is 0 Å². The Balaban J connectivity index is 1.18. The van der Waals surface area contributed by atoms with Gasteiger partial charge in [0.25, 0.3) is 0 Å². The highest BCUT2D eigenvalue weighted by Crippen LogP contribution is 2.51. The molecule has 0 aromatic carbocycles. The summed E-state index contributed by atoms with van der Waals surface area (Å²) in [6, 6.07) is 0.927. The van der Waals surface area contributed by atoms with Crippen molar-refractivity contribution in [2.45, 2.75) is 44.6 Å². The molecule has 138 valence electrons. The smallest absolute Gasteiger partial charge is 0.150 e. The molecule has 0 radical (unpaired) electrons. The highest BCUT2D eigenvalue weighted by Gasteiger charge is 2.49. The number of hydrogen-bond acceptors (Lipinski definition) is 3. The Kier molecular flexibility index (Phi) is 5.62. The van der Waals surface area contributed by atoms with Crippen LogP contribution in [0.3, 0.4) is 0 Å². The zero-order chi connectivity index (χ0) is 16.4. The lowest BCUT2D eigenvalue weighted by atomic mass is 9.60. The molecule has 3 heterocycles. The Labute approximate surface area is 152 Å². The van der Waals surface area contributed by atoms with E-state index in [1.807, 2.05) is 0 Å². The van der Waals surface area contributed by atoms with Gasteiger partial charge in [-0.05, 0) is 50.1 Å². The fourth-order valence-electron chi connectivity index (χ4n) is 5.54. The van der Waals surface area contributed by atoms with Crippen molar-refractivity contribution in [3.63, 3.8) is 0 Å². The maximum Gasteiger partial charge on any atom is 0.150 e. The first kappa shape index (κ1) is 17.4. The Morgan fingerprint density at radius 3 is 2.33 bits per heavy atom. The second-order valence-corrected chi connectivity index (χ2v) is 9.71. The normalized spacial score (nSPS) is 36.9. The van der Waals surface area contributed by atoms with Crippen molar-refractivity contribution in [3.8, 4) is 0 Å². The molecule has 4 aliphatic rings. The minimum Gasteiger partial charge on any atom is -0.314 e. The van der Waals surface area contributed by atoms with Crippen LogP contribution in [0.15, 0.2) is 0 Å². The van der Waals surface area contributed by atoms with Crippen molar-refractivity contribution in [2.75, 3.05) is 65.2 Å². The molecule has 0 aromatic heterocycles. The van der Waals surface area contributed by atoms with E-state index in [1.165, 1.54) is 109 Å². The van der Waals surface area contributed by atoms with Gasteiger partial charge in [0.15, 0.2) is 0 Å². The molecule has 24 heavy (non-hydrogen) atoms. The van der Waals surface area contributed by atoms with Crippen LogP contribution in [0.5, 0.6) is 0 Å². The zero-order valence-corrected chi connectivity index (χ0v) is 16.4. The fraction of sp³-hybridized carbons (Fsp3) is 1.00. The number of piperazine rings is 1. The van der Waals surface area contributed by atoms with E-state index in [9.17, 15) is 0 Å². The Morgan fingerprint density at radius 1 is 1.04 bits per heavy atom. The van der Waals surface area contributed by atoms with Gasteiger partial charge in [0, 0.05) is 69.4 Å². The van der Waals surface area contributed by atoms with E-state index in [1.54, 1.807) is 0 Å². The number of piperidine rings is 2. The number of rotatable bonds is 3. The van der Waals surface area contributed by atoms with Crippen LogP contribution in [0.4, 0.5) is 0 Å². The molecule has 1 saturated carbocycles. The molecule has 0 amide bonds. The van der Waals surface area contributed by atoms with Gasteiger partial charge in [0.2, 0.25) is 0 Å². The molecule has 4 rings (SSSR count). The summed E-state index contributed by atoms with van der Waals surface area (Å²) in [7, 11) is 0. The SMILES string of the molecule is C[SH]=[N+]1CCC2(CC1)CC(N1CCC(CN3CCNCC3)CC1)C2. The predicted molar refractivity (Wildman–Crippen MR) is 103 cm³/mol. The zero-order valence-electron chi connectivity index (χ0n) is 15.6. The summed E-state index contributed by atoms with van der Waals surface area (Å²) in [5.41, 5.74) is 0.740. The van der Waals surface area contributed by atoms with Crippen LogP contribution < -0.4 is 5.32 Å². The topological polar surface area (TPSA) is 21.5 Å². The van der Waals surface area contributed by atoms with E-state index in [4.69, 9.17) is 0 Å². The molecule has 0 unspecified atom stereocenters. The quantitative estimate of drug-likeness (QED) is 0.588. The van der Waals surface area contributed by atoms with Crippen molar-refractivity contribution >= 4 is 11.6 Å². The summed E-state index contributed by atoms with van der Waals surface area (Å²) in [4.78, 5) is 5.54. The van der Waals surface area contributed by atoms with E-state index in [0.29, 0.717) is 0 Å². The molecule has 4 nitrogen and oxygen atoms in total. The summed E-state index contributed by atoms with van der Waals surface area (Å²) in [5.74, 6) is 0.959. The van der Waals surface area contributed by atoms with Crippen molar-refractivity contribution < 1.29 is 3.95 Å². The molecule has 3 aliphatic heterocycles. The number of nitrogens with one attached hydrogen (secondary N) is 1. The molecule has 4 fully saturated rings. The first-order valence-corrected chi connectivity index (χ1v) is 11.6. The summed E-state index contributed by atoms with van der Waals surface area (Å²) in [6.45, 7) is 11.7. The third-order valence-corrected chi connectivity index (χ3v) is 8.28. The number of nitrogens with zero attached hydrogens (tertiary/aromatic N) is 3. The summed E-state index contributed by atoms with van der Waals surface area (Å²) in [6.07, 6.45) is 11.1. The van der Waals surface area contributed by atoms with Gasteiger partial charge in [-0.2, -0.15) is 0 Å². The van der Waals surface area contributed by atoms with Crippen LogP contribution in [0.2, 0.25) is 0 Å². The minimum absolute atomic E-state index is 0.740. The van der Waals surface area contributed by atoms with Gasteiger partial charge in [-0.25, -0.2) is 3.95 Å². The lowest BCUT2D eigenvalue weighted by molar-refractivity contribution is -0.522. The molecule has 1 N–H and O–H groups in total. The van der Waals surface area contributed by atoms with Crippen LogP contribution in [0.25, 0.3) is 0 Å². The molecular formula is C19H37N4S+. The van der Waals surface area contributed by atoms with Gasteiger partial charge < -0.3 is 15.1 Å². The first-order chi connectivity index (χ1) is 11.8. The van der Waals surface area contributed by atoms with Crippen LogP contribution >= 0.6 is 0 Å².